The van der Waals surface area contributed by atoms with E-state index in [4.69, 9.17) is 4.74 Å². The van der Waals surface area contributed by atoms with E-state index in [1.165, 1.54) is 37.4 Å². The van der Waals surface area contributed by atoms with Crippen LogP contribution in [-0.4, -0.2) is 27.8 Å². The number of halogens is 1. The molecule has 0 bridgehead atoms. The lowest BCUT2D eigenvalue weighted by molar-refractivity contribution is -0.122. The van der Waals surface area contributed by atoms with Gasteiger partial charge in [0.05, 0.1) is 25.0 Å². The molecule has 3 rings (SSSR count). The van der Waals surface area contributed by atoms with Crippen molar-refractivity contribution in [3.05, 3.63) is 76.6 Å². The fourth-order valence-corrected chi connectivity index (χ4v) is 2.47. The van der Waals surface area contributed by atoms with Crippen molar-refractivity contribution in [3.8, 4) is 17.0 Å². The van der Waals surface area contributed by atoms with Gasteiger partial charge in [0.15, 0.2) is 0 Å². The van der Waals surface area contributed by atoms with E-state index in [-0.39, 0.29) is 24.7 Å². The second kappa shape index (κ2) is 8.22. The maximum Gasteiger partial charge on any atom is 0.267 e. The highest BCUT2D eigenvalue weighted by molar-refractivity contribution is 5.75. The highest BCUT2D eigenvalue weighted by Gasteiger charge is 2.12. The van der Waals surface area contributed by atoms with Crippen LogP contribution in [0.2, 0.25) is 0 Å². The SMILES string of the molecule is COc1cc(F)ccc1-c1ccc(=O)n(CC(=O)NCc2ccccn2)n1. The molecule has 3 aromatic rings. The number of amides is 1. The lowest BCUT2D eigenvalue weighted by Crippen LogP contribution is -2.33. The first-order valence-electron chi connectivity index (χ1n) is 8.15. The number of rotatable bonds is 6. The molecular weight excluding hydrogens is 351 g/mol. The van der Waals surface area contributed by atoms with Crippen LogP contribution in [0.15, 0.2) is 59.5 Å². The van der Waals surface area contributed by atoms with Crippen LogP contribution in [0.25, 0.3) is 11.3 Å². The van der Waals surface area contributed by atoms with Crippen LogP contribution < -0.4 is 15.6 Å². The lowest BCUT2D eigenvalue weighted by atomic mass is 10.1. The number of hydrogen-bond acceptors (Lipinski definition) is 5. The highest BCUT2D eigenvalue weighted by atomic mass is 19.1. The monoisotopic (exact) mass is 368 g/mol. The molecule has 2 heterocycles. The average Bonchev–Trinajstić information content (AvgIpc) is 2.69. The number of nitrogens with zero attached hydrogens (tertiary/aromatic N) is 3. The molecule has 7 nitrogen and oxygen atoms in total. The van der Waals surface area contributed by atoms with Crippen molar-refractivity contribution in [2.45, 2.75) is 13.1 Å². The Morgan fingerprint density at radius 2 is 2.07 bits per heavy atom. The quantitative estimate of drug-likeness (QED) is 0.717. The van der Waals surface area contributed by atoms with Crippen molar-refractivity contribution in [1.29, 1.82) is 0 Å². The minimum Gasteiger partial charge on any atom is -0.496 e. The molecule has 0 spiro atoms. The zero-order valence-electron chi connectivity index (χ0n) is 14.6. The second-order valence-electron chi connectivity index (χ2n) is 5.66. The van der Waals surface area contributed by atoms with Gasteiger partial charge in [0.2, 0.25) is 5.91 Å². The highest BCUT2D eigenvalue weighted by Crippen LogP contribution is 2.28. The molecule has 8 heteroatoms. The number of carbonyl (C=O) groups excluding carboxylic acids is 1. The maximum atomic E-state index is 13.4. The summed E-state index contributed by atoms with van der Waals surface area (Å²) in [4.78, 5) is 28.3. The van der Waals surface area contributed by atoms with Gasteiger partial charge in [0, 0.05) is 23.9 Å². The molecule has 0 saturated carbocycles. The van der Waals surface area contributed by atoms with Crippen LogP contribution in [0.5, 0.6) is 5.75 Å². The van der Waals surface area contributed by atoms with Gasteiger partial charge in [-0.3, -0.25) is 14.6 Å². The molecule has 0 atom stereocenters. The maximum absolute atomic E-state index is 13.4. The fraction of sp³-hybridized carbons (Fsp3) is 0.158. The third-order valence-corrected chi connectivity index (χ3v) is 3.79. The molecule has 138 valence electrons. The summed E-state index contributed by atoms with van der Waals surface area (Å²) in [6.45, 7) is 0.00289. The van der Waals surface area contributed by atoms with Gasteiger partial charge < -0.3 is 10.1 Å². The van der Waals surface area contributed by atoms with Crippen LogP contribution in [0.1, 0.15) is 5.69 Å². The Kier molecular flexibility index (Phi) is 5.55. The summed E-state index contributed by atoms with van der Waals surface area (Å²) in [5.41, 5.74) is 1.19. The summed E-state index contributed by atoms with van der Waals surface area (Å²) in [5, 5.41) is 6.89. The first-order valence-corrected chi connectivity index (χ1v) is 8.15. The van der Waals surface area contributed by atoms with Gasteiger partial charge in [-0.25, -0.2) is 9.07 Å². The first kappa shape index (κ1) is 18.2. The number of ether oxygens (including phenoxy) is 1. The van der Waals surface area contributed by atoms with E-state index in [0.29, 0.717) is 17.0 Å². The minimum absolute atomic E-state index is 0.247. The zero-order chi connectivity index (χ0) is 19.2. The normalized spacial score (nSPS) is 10.4. The molecule has 1 amide bonds. The molecule has 1 N–H and O–H groups in total. The molecule has 0 aliphatic heterocycles. The Morgan fingerprint density at radius 1 is 1.22 bits per heavy atom. The number of benzene rings is 1. The summed E-state index contributed by atoms with van der Waals surface area (Å²) in [6.07, 6.45) is 1.63. The summed E-state index contributed by atoms with van der Waals surface area (Å²) in [7, 11) is 1.42. The summed E-state index contributed by atoms with van der Waals surface area (Å²) in [5.74, 6) is -0.538. The van der Waals surface area contributed by atoms with Gasteiger partial charge in [-0.2, -0.15) is 5.10 Å². The molecule has 0 radical (unpaired) electrons. The van der Waals surface area contributed by atoms with Crippen LogP contribution in [-0.2, 0) is 17.9 Å². The molecule has 2 aromatic heterocycles. The minimum atomic E-state index is -0.446. The molecule has 0 aliphatic carbocycles. The van der Waals surface area contributed by atoms with Gasteiger partial charge in [0.25, 0.3) is 5.56 Å². The van der Waals surface area contributed by atoms with Gasteiger partial charge in [-0.15, -0.1) is 0 Å². The van der Waals surface area contributed by atoms with Crippen molar-refractivity contribution < 1.29 is 13.9 Å². The number of methoxy groups -OCH3 is 1. The van der Waals surface area contributed by atoms with Crippen molar-refractivity contribution in [2.24, 2.45) is 0 Å². The predicted molar refractivity (Wildman–Crippen MR) is 96.5 cm³/mol. The molecular formula is C19H17FN4O3. The Hall–Kier alpha value is -3.55. The standard InChI is InChI=1S/C19H17FN4O3/c1-27-17-10-13(20)5-6-15(17)16-7-8-19(26)24(23-16)12-18(25)22-11-14-4-2-3-9-21-14/h2-10H,11-12H2,1H3,(H,22,25). The van der Waals surface area contributed by atoms with Crippen molar-refractivity contribution >= 4 is 5.91 Å². The molecule has 0 unspecified atom stereocenters. The number of carbonyl (C=O) groups is 1. The number of aromatic nitrogens is 3. The molecule has 0 fully saturated rings. The molecule has 1 aromatic carbocycles. The predicted octanol–water partition coefficient (Wildman–Crippen LogP) is 1.77. The summed E-state index contributed by atoms with van der Waals surface area (Å²) < 4.78 is 19.6. The van der Waals surface area contributed by atoms with E-state index >= 15 is 0 Å². The smallest absolute Gasteiger partial charge is 0.267 e. The third-order valence-electron chi connectivity index (χ3n) is 3.79. The topological polar surface area (TPSA) is 86.1 Å². The molecule has 27 heavy (non-hydrogen) atoms. The number of pyridine rings is 1. The Morgan fingerprint density at radius 3 is 2.81 bits per heavy atom. The van der Waals surface area contributed by atoms with Crippen molar-refractivity contribution in [2.75, 3.05) is 7.11 Å². The number of hydrogen-bond donors (Lipinski definition) is 1. The first-order chi connectivity index (χ1) is 13.1. The number of nitrogens with one attached hydrogen (secondary N) is 1. The van der Waals surface area contributed by atoms with E-state index in [1.807, 2.05) is 6.07 Å². The van der Waals surface area contributed by atoms with E-state index in [9.17, 15) is 14.0 Å². The van der Waals surface area contributed by atoms with Crippen LogP contribution in [0, 0.1) is 5.82 Å². The van der Waals surface area contributed by atoms with E-state index in [0.717, 1.165) is 4.68 Å². The fourth-order valence-electron chi connectivity index (χ4n) is 2.47. The van der Waals surface area contributed by atoms with Crippen molar-refractivity contribution in [3.63, 3.8) is 0 Å². The van der Waals surface area contributed by atoms with Crippen LogP contribution in [0.3, 0.4) is 0 Å². The van der Waals surface area contributed by atoms with E-state index < -0.39 is 11.4 Å². The molecule has 0 saturated heterocycles. The van der Waals surface area contributed by atoms with Gasteiger partial charge in [-0.1, -0.05) is 6.07 Å². The third kappa shape index (κ3) is 4.55. The zero-order valence-corrected chi connectivity index (χ0v) is 14.6. The van der Waals surface area contributed by atoms with Gasteiger partial charge >= 0.3 is 0 Å². The van der Waals surface area contributed by atoms with Crippen LogP contribution in [0.4, 0.5) is 4.39 Å². The Bertz CT molecular complexity index is 1010. The van der Waals surface area contributed by atoms with Crippen LogP contribution >= 0.6 is 0 Å². The average molecular weight is 368 g/mol. The largest absolute Gasteiger partial charge is 0.496 e. The lowest BCUT2D eigenvalue weighted by Gasteiger charge is -2.10. The van der Waals surface area contributed by atoms with E-state index in [2.05, 4.69) is 15.4 Å². The Labute approximate surface area is 154 Å². The second-order valence-corrected chi connectivity index (χ2v) is 5.66. The van der Waals surface area contributed by atoms with E-state index in [1.54, 1.807) is 18.3 Å². The Balaban J connectivity index is 1.78. The van der Waals surface area contributed by atoms with Gasteiger partial charge in [0.1, 0.15) is 18.1 Å². The summed E-state index contributed by atoms with van der Waals surface area (Å²) >= 11 is 0. The molecule has 0 aliphatic rings. The van der Waals surface area contributed by atoms with Gasteiger partial charge in [-0.05, 0) is 30.3 Å². The van der Waals surface area contributed by atoms with Crippen molar-refractivity contribution in [1.82, 2.24) is 20.1 Å². The summed E-state index contributed by atoms with van der Waals surface area (Å²) in [6, 6.07) is 12.2.